The average Bonchev–Trinajstić information content (AvgIpc) is 2.70. The molecule has 0 saturated heterocycles. The first-order valence-electron chi connectivity index (χ1n) is 3.90. The van der Waals surface area contributed by atoms with E-state index in [1.807, 2.05) is 0 Å². The highest BCUT2D eigenvalue weighted by Gasteiger charge is 2.04. The van der Waals surface area contributed by atoms with Crippen LogP contribution in [-0.4, -0.2) is 20.4 Å². The second-order valence-electron chi connectivity index (χ2n) is 2.62. The fourth-order valence-corrected chi connectivity index (χ4v) is 1.17. The third kappa shape index (κ3) is 1.41. The maximum absolute atomic E-state index is 5.56. The summed E-state index contributed by atoms with van der Waals surface area (Å²) in [5.74, 6) is 0. The topological polar surface area (TPSA) is 80.5 Å². The molecule has 0 atom stereocenters. The predicted octanol–water partition coefficient (Wildman–Crippen LogP) is 0.325. The maximum atomic E-state index is 5.56. The number of rotatable bonds is 2. The van der Waals surface area contributed by atoms with E-state index in [9.17, 15) is 0 Å². The molecule has 5 heteroatoms. The lowest BCUT2D eigenvalue weighted by molar-refractivity contribution is 0.970. The fourth-order valence-electron chi connectivity index (χ4n) is 1.17. The van der Waals surface area contributed by atoms with Crippen molar-refractivity contribution in [3.05, 3.63) is 30.4 Å². The summed E-state index contributed by atoms with van der Waals surface area (Å²) in [5.41, 5.74) is 8.49. The highest BCUT2D eigenvalue weighted by atomic mass is 15.1. The van der Waals surface area contributed by atoms with Crippen LogP contribution in [0.1, 0.15) is 5.56 Å². The number of nitrogens with zero attached hydrogens (tertiary/aromatic N) is 3. The van der Waals surface area contributed by atoms with Gasteiger partial charge in [0.2, 0.25) is 0 Å². The van der Waals surface area contributed by atoms with Crippen LogP contribution in [0.3, 0.4) is 0 Å². The first kappa shape index (κ1) is 7.88. The lowest BCUT2D eigenvalue weighted by Gasteiger charge is -2.01. The summed E-state index contributed by atoms with van der Waals surface area (Å²) in [6, 6.07) is 0. The van der Waals surface area contributed by atoms with Gasteiger partial charge in [0, 0.05) is 23.9 Å². The van der Waals surface area contributed by atoms with E-state index in [0.717, 1.165) is 16.7 Å². The average molecular weight is 175 g/mol. The minimum Gasteiger partial charge on any atom is -0.326 e. The Morgan fingerprint density at radius 3 is 2.77 bits per heavy atom. The molecular formula is C8H9N5. The molecular weight excluding hydrogens is 166 g/mol. The van der Waals surface area contributed by atoms with Gasteiger partial charge in [0.1, 0.15) is 0 Å². The lowest BCUT2D eigenvalue weighted by Crippen LogP contribution is -2.00. The molecule has 0 aliphatic heterocycles. The largest absolute Gasteiger partial charge is 0.326 e. The Hall–Kier alpha value is -1.75. The number of nitrogens with two attached hydrogens (primary N) is 1. The monoisotopic (exact) mass is 175 g/mol. The van der Waals surface area contributed by atoms with E-state index in [1.165, 1.54) is 0 Å². The lowest BCUT2D eigenvalue weighted by atomic mass is 10.1. The van der Waals surface area contributed by atoms with Crippen molar-refractivity contribution in [2.75, 3.05) is 0 Å². The summed E-state index contributed by atoms with van der Waals surface area (Å²) in [6.07, 6.45) is 6.89. The smallest absolute Gasteiger partial charge is 0.0579 e. The Kier molecular flexibility index (Phi) is 2.01. The van der Waals surface area contributed by atoms with E-state index < -0.39 is 0 Å². The van der Waals surface area contributed by atoms with Crippen molar-refractivity contribution in [1.82, 2.24) is 20.4 Å². The van der Waals surface area contributed by atoms with Gasteiger partial charge in [-0.25, -0.2) is 0 Å². The van der Waals surface area contributed by atoms with Crippen LogP contribution in [0.4, 0.5) is 0 Å². The zero-order chi connectivity index (χ0) is 9.10. The van der Waals surface area contributed by atoms with E-state index in [4.69, 9.17) is 5.73 Å². The number of hydrogen-bond donors (Lipinski definition) is 2. The Bertz CT molecular complexity index is 381. The van der Waals surface area contributed by atoms with Crippen LogP contribution in [0.2, 0.25) is 0 Å². The summed E-state index contributed by atoms with van der Waals surface area (Å²) in [6.45, 7) is 0.454. The van der Waals surface area contributed by atoms with Gasteiger partial charge in [-0.2, -0.15) is 15.3 Å². The Labute approximate surface area is 75.0 Å². The molecule has 0 amide bonds. The molecule has 5 nitrogen and oxygen atoms in total. The summed E-state index contributed by atoms with van der Waals surface area (Å²) >= 11 is 0. The second kappa shape index (κ2) is 3.32. The summed E-state index contributed by atoms with van der Waals surface area (Å²) in [4.78, 5) is 0. The van der Waals surface area contributed by atoms with Crippen molar-refractivity contribution < 1.29 is 0 Å². The first-order chi connectivity index (χ1) is 6.42. The molecule has 2 rings (SSSR count). The Morgan fingerprint density at radius 1 is 1.23 bits per heavy atom. The van der Waals surface area contributed by atoms with Gasteiger partial charge in [0.25, 0.3) is 0 Å². The predicted molar refractivity (Wildman–Crippen MR) is 47.5 cm³/mol. The fraction of sp³-hybridized carbons (Fsp3) is 0.125. The van der Waals surface area contributed by atoms with Crippen LogP contribution < -0.4 is 5.73 Å². The van der Waals surface area contributed by atoms with Gasteiger partial charge < -0.3 is 5.73 Å². The van der Waals surface area contributed by atoms with Crippen LogP contribution in [0, 0.1) is 0 Å². The second-order valence-corrected chi connectivity index (χ2v) is 2.62. The molecule has 0 unspecified atom stereocenters. The normalized spacial score (nSPS) is 10.2. The molecule has 0 aliphatic rings. The zero-order valence-electron chi connectivity index (χ0n) is 6.94. The van der Waals surface area contributed by atoms with Gasteiger partial charge in [-0.3, -0.25) is 5.10 Å². The number of aromatic nitrogens is 4. The van der Waals surface area contributed by atoms with Gasteiger partial charge >= 0.3 is 0 Å². The number of H-pyrrole nitrogens is 1. The van der Waals surface area contributed by atoms with Crippen molar-refractivity contribution in [1.29, 1.82) is 0 Å². The Morgan fingerprint density at radius 2 is 2.08 bits per heavy atom. The molecule has 3 N–H and O–H groups in total. The van der Waals surface area contributed by atoms with E-state index in [1.54, 1.807) is 24.8 Å². The zero-order valence-corrected chi connectivity index (χ0v) is 6.94. The molecule has 0 aromatic carbocycles. The van der Waals surface area contributed by atoms with Crippen LogP contribution in [0.25, 0.3) is 11.1 Å². The van der Waals surface area contributed by atoms with Gasteiger partial charge in [0.05, 0.1) is 18.6 Å². The highest BCUT2D eigenvalue weighted by molar-refractivity contribution is 5.63. The van der Waals surface area contributed by atoms with Gasteiger partial charge in [-0.1, -0.05) is 0 Å². The van der Waals surface area contributed by atoms with E-state index in [0.29, 0.717) is 6.54 Å². The standard InChI is InChI=1S/C8H9N5/c9-1-6-2-10-13-5-8(6)7-3-11-12-4-7/h2-5H,1,9H2,(H,11,12). The number of nitrogens with one attached hydrogen (secondary N) is 1. The molecule has 0 aliphatic carbocycles. The maximum Gasteiger partial charge on any atom is 0.0579 e. The molecule has 0 saturated carbocycles. The van der Waals surface area contributed by atoms with E-state index in [-0.39, 0.29) is 0 Å². The molecule has 0 radical (unpaired) electrons. The molecule has 0 bridgehead atoms. The van der Waals surface area contributed by atoms with Crippen LogP contribution in [-0.2, 0) is 6.54 Å². The first-order valence-corrected chi connectivity index (χ1v) is 3.90. The number of hydrogen-bond acceptors (Lipinski definition) is 4. The van der Waals surface area contributed by atoms with E-state index >= 15 is 0 Å². The minimum atomic E-state index is 0.454. The van der Waals surface area contributed by atoms with Crippen LogP contribution in [0.5, 0.6) is 0 Å². The minimum absolute atomic E-state index is 0.454. The molecule has 2 heterocycles. The van der Waals surface area contributed by atoms with Crippen LogP contribution in [0.15, 0.2) is 24.8 Å². The molecule has 0 fully saturated rings. The molecule has 2 aromatic heterocycles. The van der Waals surface area contributed by atoms with Crippen molar-refractivity contribution in [3.8, 4) is 11.1 Å². The summed E-state index contributed by atoms with van der Waals surface area (Å²) in [7, 11) is 0. The van der Waals surface area contributed by atoms with Gasteiger partial charge in [0.15, 0.2) is 0 Å². The van der Waals surface area contributed by atoms with Gasteiger partial charge in [-0.15, -0.1) is 0 Å². The SMILES string of the molecule is NCc1cnncc1-c1cn[nH]c1. The van der Waals surface area contributed by atoms with Crippen molar-refractivity contribution in [3.63, 3.8) is 0 Å². The van der Waals surface area contributed by atoms with Gasteiger partial charge in [-0.05, 0) is 5.56 Å². The highest BCUT2D eigenvalue weighted by Crippen LogP contribution is 2.19. The number of aromatic amines is 1. The van der Waals surface area contributed by atoms with E-state index in [2.05, 4.69) is 20.4 Å². The Balaban J connectivity index is 2.51. The quantitative estimate of drug-likeness (QED) is 0.689. The van der Waals surface area contributed by atoms with Crippen molar-refractivity contribution in [2.45, 2.75) is 6.54 Å². The molecule has 0 spiro atoms. The summed E-state index contributed by atoms with van der Waals surface area (Å²) < 4.78 is 0. The molecule has 66 valence electrons. The van der Waals surface area contributed by atoms with Crippen LogP contribution >= 0.6 is 0 Å². The summed E-state index contributed by atoms with van der Waals surface area (Å²) in [5, 5.41) is 14.2. The third-order valence-electron chi connectivity index (χ3n) is 1.84. The molecule has 13 heavy (non-hydrogen) atoms. The van der Waals surface area contributed by atoms with Crippen molar-refractivity contribution >= 4 is 0 Å². The third-order valence-corrected chi connectivity index (χ3v) is 1.84. The molecule has 2 aromatic rings. The van der Waals surface area contributed by atoms with Crippen molar-refractivity contribution in [2.24, 2.45) is 5.73 Å².